The van der Waals surface area contributed by atoms with E-state index in [1.807, 2.05) is 11.8 Å². The van der Waals surface area contributed by atoms with Crippen LogP contribution in [0.3, 0.4) is 0 Å². The first-order chi connectivity index (χ1) is 8.19. The Labute approximate surface area is 107 Å². The molecule has 0 unspecified atom stereocenters. The van der Waals surface area contributed by atoms with Gasteiger partial charge in [0.2, 0.25) is 0 Å². The van der Waals surface area contributed by atoms with Crippen LogP contribution in [0.4, 0.5) is 0 Å². The molecule has 0 spiro atoms. The summed E-state index contributed by atoms with van der Waals surface area (Å²) in [4.78, 5) is 0. The van der Waals surface area contributed by atoms with Crippen LogP contribution in [-0.2, 0) is 5.75 Å². The lowest BCUT2D eigenvalue weighted by atomic mass is 9.79. The summed E-state index contributed by atoms with van der Waals surface area (Å²) in [6.07, 6.45) is 2.40. The predicted octanol–water partition coefficient (Wildman–Crippen LogP) is 1.41. The van der Waals surface area contributed by atoms with Crippen LogP contribution in [0.5, 0.6) is 5.75 Å². The summed E-state index contributed by atoms with van der Waals surface area (Å²) in [6, 6.07) is 5.25. The molecule has 0 atom stereocenters. The second kappa shape index (κ2) is 7.64. The fraction of sp³-hybridized carbons (Fsp3) is 0.500. The van der Waals surface area contributed by atoms with Gasteiger partial charge in [-0.15, -0.1) is 0 Å². The molecule has 0 aliphatic rings. The molecule has 0 saturated heterocycles. The van der Waals surface area contributed by atoms with E-state index in [-0.39, 0.29) is 0 Å². The third-order valence-corrected chi connectivity index (χ3v) is 3.59. The van der Waals surface area contributed by atoms with Crippen molar-refractivity contribution < 1.29 is 14.8 Å². The normalized spacial score (nSPS) is 10.4. The van der Waals surface area contributed by atoms with Crippen LogP contribution in [0, 0.1) is 0 Å². The number of thioether (sulfide) groups is 1. The van der Waals surface area contributed by atoms with E-state index in [1.54, 1.807) is 25.3 Å². The van der Waals surface area contributed by atoms with Crippen LogP contribution in [-0.4, -0.2) is 30.0 Å². The molecular weight excluding hydrogens is 235 g/mol. The van der Waals surface area contributed by atoms with Crippen molar-refractivity contribution >= 4 is 24.3 Å². The van der Waals surface area contributed by atoms with Gasteiger partial charge in [-0.2, -0.15) is 11.8 Å². The maximum absolute atomic E-state index is 9.13. The molecule has 5 heteroatoms. The molecule has 0 aromatic heterocycles. The van der Waals surface area contributed by atoms with E-state index in [0.29, 0.717) is 5.46 Å². The number of methoxy groups -OCH3 is 1. The Kier molecular flexibility index (Phi) is 6.48. The van der Waals surface area contributed by atoms with Gasteiger partial charge in [-0.3, -0.25) is 0 Å². The van der Waals surface area contributed by atoms with Crippen molar-refractivity contribution in [3.8, 4) is 5.75 Å². The van der Waals surface area contributed by atoms with Gasteiger partial charge in [0.1, 0.15) is 5.75 Å². The third-order valence-electron chi connectivity index (χ3n) is 2.50. The zero-order valence-corrected chi connectivity index (χ0v) is 11.2. The highest BCUT2D eigenvalue weighted by Crippen LogP contribution is 2.22. The molecule has 2 N–H and O–H groups in total. The smallest absolute Gasteiger partial charge is 0.488 e. The maximum Gasteiger partial charge on any atom is 0.488 e. The van der Waals surface area contributed by atoms with Crippen LogP contribution in [0.2, 0.25) is 0 Å². The molecule has 94 valence electrons. The first-order valence-corrected chi connectivity index (χ1v) is 6.95. The molecule has 0 aliphatic carbocycles. The SMILES string of the molecule is CCCCSCc1cc(B(O)O)ccc1OC. The van der Waals surface area contributed by atoms with Crippen molar-refractivity contribution in [2.75, 3.05) is 12.9 Å². The van der Waals surface area contributed by atoms with Gasteiger partial charge in [0.05, 0.1) is 7.11 Å². The van der Waals surface area contributed by atoms with Crippen molar-refractivity contribution in [1.29, 1.82) is 0 Å². The molecule has 0 heterocycles. The van der Waals surface area contributed by atoms with E-state index in [2.05, 4.69) is 6.92 Å². The summed E-state index contributed by atoms with van der Waals surface area (Å²) >= 11 is 1.84. The Hall–Kier alpha value is -0.645. The Morgan fingerprint density at radius 3 is 2.71 bits per heavy atom. The summed E-state index contributed by atoms with van der Waals surface area (Å²) in [5.74, 6) is 2.76. The lowest BCUT2D eigenvalue weighted by Crippen LogP contribution is -2.30. The lowest BCUT2D eigenvalue weighted by molar-refractivity contribution is 0.410. The largest absolute Gasteiger partial charge is 0.496 e. The summed E-state index contributed by atoms with van der Waals surface area (Å²) < 4.78 is 5.26. The molecular formula is C12H19BO3S. The van der Waals surface area contributed by atoms with E-state index >= 15 is 0 Å². The van der Waals surface area contributed by atoms with Gasteiger partial charge in [0.15, 0.2) is 0 Å². The highest BCUT2D eigenvalue weighted by Gasteiger charge is 2.13. The quantitative estimate of drug-likeness (QED) is 0.570. The van der Waals surface area contributed by atoms with Crippen LogP contribution in [0.15, 0.2) is 18.2 Å². The van der Waals surface area contributed by atoms with E-state index < -0.39 is 7.12 Å². The first kappa shape index (κ1) is 14.4. The van der Waals surface area contributed by atoms with Gasteiger partial charge in [-0.05, 0) is 23.7 Å². The highest BCUT2D eigenvalue weighted by molar-refractivity contribution is 7.98. The molecule has 1 rings (SSSR count). The van der Waals surface area contributed by atoms with Gasteiger partial charge in [0, 0.05) is 11.3 Å². The van der Waals surface area contributed by atoms with Crippen molar-refractivity contribution in [2.24, 2.45) is 0 Å². The minimum atomic E-state index is -1.42. The van der Waals surface area contributed by atoms with Crippen LogP contribution < -0.4 is 10.2 Å². The molecule has 0 aliphatic heterocycles. The Morgan fingerprint density at radius 1 is 1.35 bits per heavy atom. The molecule has 17 heavy (non-hydrogen) atoms. The Balaban J connectivity index is 2.69. The van der Waals surface area contributed by atoms with Gasteiger partial charge < -0.3 is 14.8 Å². The second-order valence-corrected chi connectivity index (χ2v) is 4.96. The van der Waals surface area contributed by atoms with Crippen LogP contribution in [0.1, 0.15) is 25.3 Å². The molecule has 1 aromatic carbocycles. The monoisotopic (exact) mass is 254 g/mol. The molecule has 0 radical (unpaired) electrons. The van der Waals surface area contributed by atoms with Crippen LogP contribution >= 0.6 is 11.8 Å². The van der Waals surface area contributed by atoms with Gasteiger partial charge in [0.25, 0.3) is 0 Å². The number of benzene rings is 1. The topological polar surface area (TPSA) is 49.7 Å². The molecule has 0 fully saturated rings. The minimum Gasteiger partial charge on any atom is -0.496 e. The predicted molar refractivity (Wildman–Crippen MR) is 73.9 cm³/mol. The lowest BCUT2D eigenvalue weighted by Gasteiger charge is -2.10. The van der Waals surface area contributed by atoms with Gasteiger partial charge in [-0.1, -0.05) is 25.5 Å². The summed E-state index contributed by atoms with van der Waals surface area (Å²) in [5.41, 5.74) is 1.52. The molecule has 3 nitrogen and oxygen atoms in total. The van der Waals surface area contributed by atoms with E-state index in [0.717, 1.165) is 22.8 Å². The average molecular weight is 254 g/mol. The van der Waals surface area contributed by atoms with E-state index in [9.17, 15) is 0 Å². The number of unbranched alkanes of at least 4 members (excludes halogenated alkanes) is 1. The average Bonchev–Trinajstić information content (AvgIpc) is 2.34. The van der Waals surface area contributed by atoms with Crippen molar-refractivity contribution in [1.82, 2.24) is 0 Å². The molecule has 0 saturated carbocycles. The fourth-order valence-corrected chi connectivity index (χ4v) is 2.58. The third kappa shape index (κ3) is 4.62. The number of hydrogen-bond acceptors (Lipinski definition) is 4. The number of ether oxygens (including phenoxy) is 1. The molecule has 0 amide bonds. The van der Waals surface area contributed by atoms with E-state index in [4.69, 9.17) is 14.8 Å². The molecule has 0 bridgehead atoms. The van der Waals surface area contributed by atoms with Crippen molar-refractivity contribution in [3.05, 3.63) is 23.8 Å². The number of hydrogen-bond donors (Lipinski definition) is 2. The van der Waals surface area contributed by atoms with E-state index in [1.165, 1.54) is 12.8 Å². The van der Waals surface area contributed by atoms with Crippen molar-refractivity contribution in [2.45, 2.75) is 25.5 Å². The molecule has 1 aromatic rings. The first-order valence-electron chi connectivity index (χ1n) is 5.79. The zero-order valence-electron chi connectivity index (χ0n) is 10.3. The summed E-state index contributed by atoms with van der Waals surface area (Å²) in [7, 11) is 0.213. The van der Waals surface area contributed by atoms with Gasteiger partial charge >= 0.3 is 7.12 Å². The van der Waals surface area contributed by atoms with Crippen LogP contribution in [0.25, 0.3) is 0 Å². The maximum atomic E-state index is 9.13. The van der Waals surface area contributed by atoms with Crippen molar-refractivity contribution in [3.63, 3.8) is 0 Å². The number of rotatable bonds is 7. The summed E-state index contributed by atoms with van der Waals surface area (Å²) in [6.45, 7) is 2.17. The Bertz CT molecular complexity index is 345. The standard InChI is InChI=1S/C12H19BO3S/c1-3-4-7-17-9-10-8-11(13(14)15)5-6-12(10)16-2/h5-6,8,14-15H,3-4,7,9H2,1-2H3. The minimum absolute atomic E-state index is 0.511. The second-order valence-electron chi connectivity index (χ2n) is 3.85. The zero-order chi connectivity index (χ0) is 12.7. The Morgan fingerprint density at radius 2 is 2.12 bits per heavy atom. The summed E-state index contributed by atoms with van der Waals surface area (Å²) in [5, 5.41) is 18.3. The highest BCUT2D eigenvalue weighted by atomic mass is 32.2. The van der Waals surface area contributed by atoms with Gasteiger partial charge in [-0.25, -0.2) is 0 Å². The fourth-order valence-electron chi connectivity index (χ4n) is 1.50.